The molecule has 0 fully saturated rings. The number of nitrogen functional groups attached to an aromatic ring is 1. The normalized spacial score (nSPS) is 10.7. The highest BCUT2D eigenvalue weighted by molar-refractivity contribution is 9.10. The lowest BCUT2D eigenvalue weighted by Gasteiger charge is -2.08. The molecule has 106 valence electrons. The highest BCUT2D eigenvalue weighted by atomic mass is 79.9. The number of carbonyl (C=O) groups is 1. The zero-order chi connectivity index (χ0) is 14.8. The molecule has 0 aliphatic rings. The number of nitrogens with one attached hydrogen (secondary N) is 1. The number of fused-ring (bicyclic) bond motifs is 1. The van der Waals surface area contributed by atoms with Gasteiger partial charge in [0, 0.05) is 22.3 Å². The van der Waals surface area contributed by atoms with Crippen molar-refractivity contribution in [1.29, 1.82) is 0 Å². The lowest BCUT2D eigenvalue weighted by molar-refractivity contribution is -0.116. The molecule has 7 heteroatoms. The van der Waals surface area contributed by atoms with E-state index in [1.54, 1.807) is 12.4 Å². The molecule has 2 heterocycles. The van der Waals surface area contributed by atoms with Crippen molar-refractivity contribution in [3.05, 3.63) is 47.3 Å². The largest absolute Gasteiger partial charge is 0.396 e. The van der Waals surface area contributed by atoms with Crippen LogP contribution in [0.4, 0.5) is 11.4 Å². The van der Waals surface area contributed by atoms with Gasteiger partial charge in [0.25, 0.3) is 0 Å². The monoisotopic (exact) mass is 345 g/mol. The van der Waals surface area contributed by atoms with Gasteiger partial charge in [-0.05, 0) is 28.1 Å². The quantitative estimate of drug-likeness (QED) is 0.763. The Hall–Kier alpha value is -2.41. The van der Waals surface area contributed by atoms with E-state index in [4.69, 9.17) is 5.73 Å². The Kier molecular flexibility index (Phi) is 3.57. The highest BCUT2D eigenvalue weighted by Gasteiger charge is 2.08. The number of amides is 1. The predicted octanol–water partition coefficient (Wildman–Crippen LogP) is 2.41. The molecule has 0 aliphatic heterocycles. The number of halogens is 1. The molecular weight excluding hydrogens is 334 g/mol. The molecule has 3 rings (SSSR count). The van der Waals surface area contributed by atoms with Crippen molar-refractivity contribution in [3.8, 4) is 0 Å². The molecule has 1 amide bonds. The molecule has 0 saturated carbocycles. The molecule has 0 unspecified atom stereocenters. The first kappa shape index (κ1) is 13.6. The number of para-hydroxylation sites is 1. The highest BCUT2D eigenvalue weighted by Crippen LogP contribution is 2.23. The lowest BCUT2D eigenvalue weighted by atomic mass is 10.2. The minimum Gasteiger partial charge on any atom is -0.396 e. The van der Waals surface area contributed by atoms with Gasteiger partial charge in [-0.15, -0.1) is 0 Å². The van der Waals surface area contributed by atoms with Crippen LogP contribution in [0.15, 0.2) is 47.3 Å². The summed E-state index contributed by atoms with van der Waals surface area (Å²) in [5.74, 6) is -0.185. The van der Waals surface area contributed by atoms with Gasteiger partial charge in [-0.1, -0.05) is 12.1 Å². The van der Waals surface area contributed by atoms with Gasteiger partial charge < -0.3 is 11.1 Å². The first-order valence-corrected chi connectivity index (χ1v) is 7.03. The Labute approximate surface area is 129 Å². The third-order valence-electron chi connectivity index (χ3n) is 2.91. The van der Waals surface area contributed by atoms with Crippen LogP contribution in [0.2, 0.25) is 0 Å². The van der Waals surface area contributed by atoms with Crippen molar-refractivity contribution in [2.75, 3.05) is 11.1 Å². The maximum atomic E-state index is 12.1. The number of hydrogen-bond donors (Lipinski definition) is 2. The van der Waals surface area contributed by atoms with Crippen LogP contribution in [-0.4, -0.2) is 20.7 Å². The molecule has 0 radical (unpaired) electrons. The maximum absolute atomic E-state index is 12.1. The third kappa shape index (κ3) is 3.03. The number of anilines is 2. The van der Waals surface area contributed by atoms with Crippen LogP contribution in [0.25, 0.3) is 10.9 Å². The van der Waals surface area contributed by atoms with Crippen molar-refractivity contribution >= 4 is 44.1 Å². The molecule has 1 aromatic carbocycles. The number of pyridine rings is 1. The lowest BCUT2D eigenvalue weighted by Crippen LogP contribution is -2.19. The summed E-state index contributed by atoms with van der Waals surface area (Å²) in [5, 5.41) is 7.77. The summed E-state index contributed by atoms with van der Waals surface area (Å²) >= 11 is 3.38. The second-order valence-electron chi connectivity index (χ2n) is 4.55. The molecule has 0 saturated heterocycles. The fourth-order valence-electron chi connectivity index (χ4n) is 2.04. The van der Waals surface area contributed by atoms with Crippen LogP contribution < -0.4 is 11.1 Å². The van der Waals surface area contributed by atoms with Gasteiger partial charge in [-0.2, -0.15) is 5.10 Å². The number of nitrogens with zero attached hydrogens (tertiary/aromatic N) is 3. The van der Waals surface area contributed by atoms with E-state index < -0.39 is 0 Å². The van der Waals surface area contributed by atoms with E-state index in [2.05, 4.69) is 31.3 Å². The van der Waals surface area contributed by atoms with Gasteiger partial charge in [-0.3, -0.25) is 14.5 Å². The van der Waals surface area contributed by atoms with Crippen LogP contribution in [0.1, 0.15) is 0 Å². The van der Waals surface area contributed by atoms with Gasteiger partial charge in [0.05, 0.1) is 23.1 Å². The molecule has 0 aliphatic carbocycles. The first-order valence-electron chi connectivity index (χ1n) is 6.24. The van der Waals surface area contributed by atoms with Crippen molar-refractivity contribution in [1.82, 2.24) is 14.8 Å². The second-order valence-corrected chi connectivity index (χ2v) is 5.47. The smallest absolute Gasteiger partial charge is 0.246 e. The Morgan fingerprint density at radius 2 is 2.24 bits per heavy atom. The van der Waals surface area contributed by atoms with E-state index in [9.17, 15) is 4.79 Å². The maximum Gasteiger partial charge on any atom is 0.246 e. The average Bonchev–Trinajstić information content (AvgIpc) is 2.83. The van der Waals surface area contributed by atoms with Gasteiger partial charge in [0.2, 0.25) is 5.91 Å². The zero-order valence-corrected chi connectivity index (χ0v) is 12.5. The molecule has 3 N–H and O–H groups in total. The van der Waals surface area contributed by atoms with Gasteiger partial charge in [0.15, 0.2) is 0 Å². The molecule has 0 spiro atoms. The van der Waals surface area contributed by atoms with E-state index in [-0.39, 0.29) is 12.5 Å². The number of rotatable bonds is 3. The van der Waals surface area contributed by atoms with Crippen LogP contribution in [0, 0.1) is 0 Å². The van der Waals surface area contributed by atoms with E-state index in [1.807, 2.05) is 24.3 Å². The summed E-state index contributed by atoms with van der Waals surface area (Å²) in [7, 11) is 0. The predicted molar refractivity (Wildman–Crippen MR) is 84.7 cm³/mol. The molecule has 0 atom stereocenters. The summed E-state index contributed by atoms with van der Waals surface area (Å²) in [6, 6.07) is 7.58. The summed E-state index contributed by atoms with van der Waals surface area (Å²) < 4.78 is 2.38. The average molecular weight is 346 g/mol. The van der Waals surface area contributed by atoms with E-state index in [0.29, 0.717) is 11.4 Å². The van der Waals surface area contributed by atoms with Crippen LogP contribution in [0.3, 0.4) is 0 Å². The molecular formula is C14H12BrN5O. The minimum atomic E-state index is -0.185. The van der Waals surface area contributed by atoms with Gasteiger partial charge >= 0.3 is 0 Å². The van der Waals surface area contributed by atoms with E-state index in [1.165, 1.54) is 10.9 Å². The van der Waals surface area contributed by atoms with Crippen molar-refractivity contribution in [3.63, 3.8) is 0 Å². The number of nitrogens with two attached hydrogens (primary N) is 1. The fraction of sp³-hybridized carbons (Fsp3) is 0.0714. The Bertz CT molecular complexity index is 814. The summed E-state index contributed by atoms with van der Waals surface area (Å²) in [4.78, 5) is 16.4. The van der Waals surface area contributed by atoms with E-state index in [0.717, 1.165) is 15.4 Å². The summed E-state index contributed by atoms with van der Waals surface area (Å²) in [6.07, 6.45) is 4.81. The number of hydrogen-bond acceptors (Lipinski definition) is 4. The van der Waals surface area contributed by atoms with Gasteiger partial charge in [-0.25, -0.2) is 0 Å². The number of carbonyl (C=O) groups excluding carboxylic acids is 1. The fourth-order valence-corrected chi connectivity index (χ4v) is 2.39. The first-order chi connectivity index (χ1) is 10.1. The second kappa shape index (κ2) is 5.53. The Morgan fingerprint density at radius 3 is 3.00 bits per heavy atom. The molecule has 3 aromatic rings. The van der Waals surface area contributed by atoms with Crippen LogP contribution in [-0.2, 0) is 11.3 Å². The molecule has 6 nitrogen and oxygen atoms in total. The molecule has 0 bridgehead atoms. The third-order valence-corrected chi connectivity index (χ3v) is 3.34. The zero-order valence-electron chi connectivity index (χ0n) is 11.0. The summed E-state index contributed by atoms with van der Waals surface area (Å²) in [5.41, 5.74) is 7.51. The summed E-state index contributed by atoms with van der Waals surface area (Å²) in [6.45, 7) is 0.101. The van der Waals surface area contributed by atoms with Crippen LogP contribution >= 0.6 is 15.9 Å². The number of aromatic nitrogens is 3. The minimum absolute atomic E-state index is 0.101. The van der Waals surface area contributed by atoms with Gasteiger partial charge in [0.1, 0.15) is 6.54 Å². The SMILES string of the molecule is Nc1cnn(CC(=O)Nc2cccc3cc(Br)cnc23)c1. The van der Waals surface area contributed by atoms with E-state index >= 15 is 0 Å². The van der Waals surface area contributed by atoms with Crippen molar-refractivity contribution in [2.24, 2.45) is 0 Å². The Balaban J connectivity index is 1.82. The van der Waals surface area contributed by atoms with Crippen molar-refractivity contribution in [2.45, 2.75) is 6.54 Å². The Morgan fingerprint density at radius 1 is 1.38 bits per heavy atom. The molecule has 21 heavy (non-hydrogen) atoms. The topological polar surface area (TPSA) is 85.8 Å². The molecule has 2 aromatic heterocycles. The van der Waals surface area contributed by atoms with Crippen molar-refractivity contribution < 1.29 is 4.79 Å². The number of benzene rings is 1. The van der Waals surface area contributed by atoms with Crippen LogP contribution in [0.5, 0.6) is 0 Å². The standard InChI is InChI=1S/C14H12BrN5O/c15-10-4-9-2-1-3-12(14(9)17-5-10)19-13(21)8-20-7-11(16)6-18-20/h1-7H,8,16H2,(H,19,21).